The Hall–Kier alpha value is -1.62. The van der Waals surface area contributed by atoms with E-state index in [-0.39, 0.29) is 12.1 Å². The minimum Gasteiger partial charge on any atom is -0.468 e. The van der Waals surface area contributed by atoms with Crippen molar-refractivity contribution in [2.75, 3.05) is 33.7 Å². The monoisotopic (exact) mass is 341 g/mol. The Morgan fingerprint density at radius 1 is 1.16 bits per heavy atom. The van der Waals surface area contributed by atoms with Gasteiger partial charge in [-0.25, -0.2) is 0 Å². The topological polar surface area (TPSA) is 31.6 Å². The lowest BCUT2D eigenvalue weighted by Crippen LogP contribution is -2.45. The van der Waals surface area contributed by atoms with Gasteiger partial charge in [-0.3, -0.25) is 5.32 Å². The maximum absolute atomic E-state index is 5.58. The molecule has 1 saturated heterocycles. The molecule has 1 aromatic heterocycles. The van der Waals surface area contributed by atoms with Crippen molar-refractivity contribution < 1.29 is 4.42 Å². The summed E-state index contributed by atoms with van der Waals surface area (Å²) in [5, 5.41) is 3.77. The minimum atomic E-state index is 0.186. The molecule has 4 heteroatoms. The molecule has 3 rings (SSSR count). The van der Waals surface area contributed by atoms with Gasteiger partial charge in [0.05, 0.1) is 12.3 Å². The summed E-state index contributed by atoms with van der Waals surface area (Å²) in [5.41, 5.74) is 1.33. The fourth-order valence-electron chi connectivity index (χ4n) is 3.73. The largest absolute Gasteiger partial charge is 0.468 e. The number of benzene rings is 1. The first kappa shape index (κ1) is 18.2. The zero-order valence-corrected chi connectivity index (χ0v) is 15.7. The number of rotatable bonds is 7. The lowest BCUT2D eigenvalue weighted by Gasteiger charge is -2.37. The molecule has 1 aliphatic rings. The first-order valence-corrected chi connectivity index (χ1v) is 9.36. The standard InChI is InChI=1S/C21H31N3O/c1-17(21-10-7-15-25-21)22-20(18-8-5-4-6-9-18)16-24(3)19-11-13-23(2)14-12-19/h4-10,15,17,19-20,22H,11-14,16H2,1-3H3/t17-,20+/m0/s1. The highest BCUT2D eigenvalue weighted by Gasteiger charge is 2.24. The van der Waals surface area contributed by atoms with E-state index in [1.165, 1.54) is 31.5 Å². The average molecular weight is 341 g/mol. The maximum Gasteiger partial charge on any atom is 0.120 e. The Bertz CT molecular complexity index is 605. The van der Waals surface area contributed by atoms with E-state index in [1.54, 1.807) is 6.26 Å². The molecule has 1 N–H and O–H groups in total. The van der Waals surface area contributed by atoms with E-state index in [2.05, 4.69) is 66.5 Å². The van der Waals surface area contributed by atoms with Crippen molar-refractivity contribution in [3.05, 3.63) is 60.1 Å². The summed E-state index contributed by atoms with van der Waals surface area (Å²) >= 11 is 0. The lowest BCUT2D eigenvalue weighted by molar-refractivity contribution is 0.132. The molecule has 0 saturated carbocycles. The normalized spacial score (nSPS) is 19.2. The second-order valence-corrected chi connectivity index (χ2v) is 7.34. The molecule has 1 aliphatic heterocycles. The van der Waals surface area contributed by atoms with Crippen LogP contribution in [0.4, 0.5) is 0 Å². The van der Waals surface area contributed by atoms with Crippen LogP contribution in [0, 0.1) is 0 Å². The third-order valence-corrected chi connectivity index (χ3v) is 5.41. The van der Waals surface area contributed by atoms with Crippen LogP contribution in [0.15, 0.2) is 53.1 Å². The Morgan fingerprint density at radius 3 is 2.52 bits per heavy atom. The second kappa shape index (κ2) is 8.65. The van der Waals surface area contributed by atoms with Crippen molar-refractivity contribution >= 4 is 0 Å². The highest BCUT2D eigenvalue weighted by molar-refractivity contribution is 5.20. The van der Waals surface area contributed by atoms with Gasteiger partial charge in [0.1, 0.15) is 5.76 Å². The Labute approximate surface area is 151 Å². The number of piperidine rings is 1. The highest BCUT2D eigenvalue weighted by Crippen LogP contribution is 2.23. The predicted octanol–water partition coefficient (Wildman–Crippen LogP) is 3.70. The summed E-state index contributed by atoms with van der Waals surface area (Å²) in [6.07, 6.45) is 4.25. The van der Waals surface area contributed by atoms with Crippen LogP contribution in [-0.2, 0) is 0 Å². The first-order chi connectivity index (χ1) is 12.1. The molecule has 4 nitrogen and oxygen atoms in total. The van der Waals surface area contributed by atoms with Gasteiger partial charge in [-0.1, -0.05) is 30.3 Å². The average Bonchev–Trinajstić information content (AvgIpc) is 3.17. The predicted molar refractivity (Wildman–Crippen MR) is 103 cm³/mol. The molecule has 0 unspecified atom stereocenters. The molecule has 2 atom stereocenters. The number of likely N-dealkylation sites (N-methyl/N-ethyl adjacent to an activating group) is 1. The molecule has 0 spiro atoms. The van der Waals surface area contributed by atoms with Crippen LogP contribution >= 0.6 is 0 Å². The fourth-order valence-corrected chi connectivity index (χ4v) is 3.73. The van der Waals surface area contributed by atoms with E-state index in [0.717, 1.165) is 12.3 Å². The van der Waals surface area contributed by atoms with Crippen LogP contribution in [0.1, 0.15) is 43.2 Å². The summed E-state index contributed by atoms with van der Waals surface area (Å²) in [6.45, 7) is 5.57. The molecule has 0 radical (unpaired) electrons. The van der Waals surface area contributed by atoms with Gasteiger partial charge in [0.2, 0.25) is 0 Å². The first-order valence-electron chi connectivity index (χ1n) is 9.36. The van der Waals surface area contributed by atoms with Crippen LogP contribution in [0.5, 0.6) is 0 Å². The third kappa shape index (κ3) is 4.94. The van der Waals surface area contributed by atoms with Crippen molar-refractivity contribution in [3.8, 4) is 0 Å². The molecular weight excluding hydrogens is 310 g/mol. The van der Waals surface area contributed by atoms with Crippen LogP contribution in [0.25, 0.3) is 0 Å². The lowest BCUT2D eigenvalue weighted by atomic mass is 10.0. The molecule has 25 heavy (non-hydrogen) atoms. The number of hydrogen-bond acceptors (Lipinski definition) is 4. The van der Waals surface area contributed by atoms with Gasteiger partial charge in [-0.2, -0.15) is 0 Å². The van der Waals surface area contributed by atoms with Crippen LogP contribution in [0.2, 0.25) is 0 Å². The van der Waals surface area contributed by atoms with E-state index in [4.69, 9.17) is 4.42 Å². The smallest absolute Gasteiger partial charge is 0.120 e. The van der Waals surface area contributed by atoms with Gasteiger partial charge in [-0.05, 0) is 64.6 Å². The van der Waals surface area contributed by atoms with E-state index in [9.17, 15) is 0 Å². The zero-order valence-electron chi connectivity index (χ0n) is 15.7. The van der Waals surface area contributed by atoms with E-state index < -0.39 is 0 Å². The number of nitrogens with zero attached hydrogens (tertiary/aromatic N) is 2. The Kier molecular flexibility index (Phi) is 6.29. The molecule has 1 fully saturated rings. The number of furan rings is 1. The fraction of sp³-hybridized carbons (Fsp3) is 0.524. The quantitative estimate of drug-likeness (QED) is 0.832. The molecular formula is C21H31N3O. The van der Waals surface area contributed by atoms with Gasteiger partial charge in [0.15, 0.2) is 0 Å². The molecule has 136 valence electrons. The van der Waals surface area contributed by atoms with Crippen molar-refractivity contribution in [2.24, 2.45) is 0 Å². The number of hydrogen-bond donors (Lipinski definition) is 1. The van der Waals surface area contributed by atoms with E-state index >= 15 is 0 Å². The zero-order chi connectivity index (χ0) is 17.6. The van der Waals surface area contributed by atoms with Crippen LogP contribution in [0.3, 0.4) is 0 Å². The maximum atomic E-state index is 5.58. The van der Waals surface area contributed by atoms with Crippen molar-refractivity contribution in [1.82, 2.24) is 15.1 Å². The van der Waals surface area contributed by atoms with Crippen LogP contribution < -0.4 is 5.32 Å². The Morgan fingerprint density at radius 2 is 1.88 bits per heavy atom. The van der Waals surface area contributed by atoms with Gasteiger partial charge >= 0.3 is 0 Å². The SMILES string of the molecule is C[C@H](N[C@H](CN(C)C1CCN(C)CC1)c1ccccc1)c1ccco1. The van der Waals surface area contributed by atoms with Gasteiger partial charge < -0.3 is 14.2 Å². The molecule has 2 heterocycles. The van der Waals surface area contributed by atoms with Crippen LogP contribution in [-0.4, -0.2) is 49.6 Å². The number of likely N-dealkylation sites (tertiary alicyclic amines) is 1. The summed E-state index contributed by atoms with van der Waals surface area (Å²) < 4.78 is 5.58. The van der Waals surface area contributed by atoms with Gasteiger partial charge in [0.25, 0.3) is 0 Å². The molecule has 1 aromatic carbocycles. The Balaban J connectivity index is 1.68. The summed E-state index contributed by atoms with van der Waals surface area (Å²) in [5.74, 6) is 0.989. The molecule has 0 amide bonds. The van der Waals surface area contributed by atoms with Crippen molar-refractivity contribution in [1.29, 1.82) is 0 Å². The van der Waals surface area contributed by atoms with E-state index in [0.29, 0.717) is 6.04 Å². The summed E-state index contributed by atoms with van der Waals surface area (Å²) in [4.78, 5) is 4.96. The highest BCUT2D eigenvalue weighted by atomic mass is 16.3. The van der Waals surface area contributed by atoms with Gasteiger partial charge in [-0.15, -0.1) is 0 Å². The summed E-state index contributed by atoms with van der Waals surface area (Å²) in [6, 6.07) is 15.9. The second-order valence-electron chi connectivity index (χ2n) is 7.34. The minimum absolute atomic E-state index is 0.186. The molecule has 2 aromatic rings. The van der Waals surface area contributed by atoms with Gasteiger partial charge in [0, 0.05) is 18.6 Å². The van der Waals surface area contributed by atoms with E-state index in [1.807, 2.05) is 12.1 Å². The third-order valence-electron chi connectivity index (χ3n) is 5.41. The molecule has 0 bridgehead atoms. The molecule has 0 aliphatic carbocycles. The summed E-state index contributed by atoms with van der Waals surface area (Å²) in [7, 11) is 4.49. The van der Waals surface area contributed by atoms with Crippen molar-refractivity contribution in [2.45, 2.75) is 37.9 Å². The number of nitrogens with one attached hydrogen (secondary N) is 1. The van der Waals surface area contributed by atoms with Crippen molar-refractivity contribution in [3.63, 3.8) is 0 Å².